The monoisotopic (exact) mass is 440 g/mol. The van der Waals surface area contributed by atoms with Gasteiger partial charge < -0.3 is 19.0 Å². The minimum Gasteiger partial charge on any atom is -0.756 e. The van der Waals surface area contributed by atoms with Crippen molar-refractivity contribution in [2.45, 2.75) is 5.79 Å². The van der Waals surface area contributed by atoms with E-state index in [4.69, 9.17) is 14.2 Å². The van der Waals surface area contributed by atoms with Gasteiger partial charge in [-0.3, -0.25) is 14.1 Å². The molecule has 0 saturated carbocycles. The summed E-state index contributed by atoms with van der Waals surface area (Å²) >= 11 is 2.10. The van der Waals surface area contributed by atoms with Gasteiger partial charge in [0, 0.05) is 9.13 Å². The lowest BCUT2D eigenvalue weighted by Gasteiger charge is -2.33. The number of likely N-dealkylation sites (N-methyl/N-ethyl adjacent to an activating group) is 1. The highest BCUT2D eigenvalue weighted by Gasteiger charge is 2.42. The SMILES string of the molecule is C[N+](C)(C)CCOC1(OP(=O)([O-])O)C=Nc2ccc(I)cc21. The molecular formula is C13H18IN2O5P. The molecule has 0 radical (unpaired) electrons. The molecule has 1 N–H and O–H groups in total. The number of nitrogens with zero attached hydrogens (tertiary/aromatic N) is 2. The van der Waals surface area contributed by atoms with Crippen LogP contribution in [0, 0.1) is 3.57 Å². The number of hydrogen-bond donors (Lipinski definition) is 1. The summed E-state index contributed by atoms with van der Waals surface area (Å²) in [7, 11) is 0.956. The first-order valence-electron chi connectivity index (χ1n) is 6.55. The van der Waals surface area contributed by atoms with Crippen molar-refractivity contribution < 1.29 is 28.1 Å². The molecule has 0 aromatic heterocycles. The van der Waals surface area contributed by atoms with Crippen LogP contribution >= 0.6 is 30.4 Å². The van der Waals surface area contributed by atoms with Gasteiger partial charge in [0.1, 0.15) is 6.54 Å². The normalized spacial score (nSPS) is 23.4. The highest BCUT2D eigenvalue weighted by atomic mass is 127. The zero-order valence-corrected chi connectivity index (χ0v) is 15.6. The van der Waals surface area contributed by atoms with Crippen LogP contribution in [0.1, 0.15) is 5.56 Å². The summed E-state index contributed by atoms with van der Waals surface area (Å²) in [5.41, 5.74) is 1.02. The number of halogens is 1. The van der Waals surface area contributed by atoms with E-state index in [1.165, 1.54) is 6.21 Å². The molecule has 9 heteroatoms. The molecule has 122 valence electrons. The van der Waals surface area contributed by atoms with Gasteiger partial charge >= 0.3 is 0 Å². The lowest BCUT2D eigenvalue weighted by molar-refractivity contribution is -0.871. The number of phosphoric ester groups is 1. The number of phosphoric acid groups is 1. The third kappa shape index (κ3) is 4.58. The molecule has 0 saturated heterocycles. The van der Waals surface area contributed by atoms with Crippen LogP contribution < -0.4 is 4.89 Å². The summed E-state index contributed by atoms with van der Waals surface area (Å²) in [5, 5.41) is 0. The Morgan fingerprint density at radius 2 is 2.14 bits per heavy atom. The molecule has 7 nitrogen and oxygen atoms in total. The van der Waals surface area contributed by atoms with E-state index in [-0.39, 0.29) is 6.61 Å². The van der Waals surface area contributed by atoms with Gasteiger partial charge in [0.25, 0.3) is 7.82 Å². The van der Waals surface area contributed by atoms with E-state index in [9.17, 15) is 9.46 Å². The summed E-state index contributed by atoms with van der Waals surface area (Å²) in [4.78, 5) is 24.5. The average Bonchev–Trinajstić information content (AvgIpc) is 2.64. The van der Waals surface area contributed by atoms with Gasteiger partial charge in [-0.25, -0.2) is 0 Å². The number of ether oxygens (including phenoxy) is 1. The molecule has 22 heavy (non-hydrogen) atoms. The van der Waals surface area contributed by atoms with E-state index in [0.29, 0.717) is 22.3 Å². The van der Waals surface area contributed by atoms with Gasteiger partial charge in [-0.05, 0) is 40.8 Å². The smallest absolute Gasteiger partial charge is 0.268 e. The van der Waals surface area contributed by atoms with Crippen molar-refractivity contribution in [1.82, 2.24) is 0 Å². The predicted octanol–water partition coefficient (Wildman–Crippen LogP) is 1.36. The van der Waals surface area contributed by atoms with Gasteiger partial charge in [-0.15, -0.1) is 0 Å². The van der Waals surface area contributed by atoms with Gasteiger partial charge in [-0.1, -0.05) is 0 Å². The van der Waals surface area contributed by atoms with Crippen LogP contribution in [0.2, 0.25) is 0 Å². The maximum absolute atomic E-state index is 11.3. The molecule has 2 rings (SSSR count). The van der Waals surface area contributed by atoms with Crippen LogP contribution in [0.5, 0.6) is 0 Å². The molecule has 1 aliphatic heterocycles. The van der Waals surface area contributed by atoms with Gasteiger partial charge in [-0.2, -0.15) is 0 Å². The molecule has 0 aliphatic carbocycles. The molecule has 1 heterocycles. The van der Waals surface area contributed by atoms with Crippen molar-refractivity contribution in [3.8, 4) is 0 Å². The van der Waals surface area contributed by atoms with Crippen molar-refractivity contribution in [2.24, 2.45) is 4.99 Å². The quantitative estimate of drug-likeness (QED) is 0.312. The fourth-order valence-corrected chi connectivity index (χ4v) is 3.01. The molecule has 1 aliphatic rings. The summed E-state index contributed by atoms with van der Waals surface area (Å²) < 4.78 is 23.3. The van der Waals surface area contributed by atoms with Crippen LogP contribution in [0.25, 0.3) is 0 Å². The zero-order chi connectivity index (χ0) is 16.6. The highest BCUT2D eigenvalue weighted by Crippen LogP contribution is 2.48. The molecule has 0 fully saturated rings. The van der Waals surface area contributed by atoms with Crippen LogP contribution in [-0.2, 0) is 19.6 Å². The Balaban J connectivity index is 2.32. The fraction of sp³-hybridized carbons (Fsp3) is 0.462. The van der Waals surface area contributed by atoms with Crippen molar-refractivity contribution in [3.05, 3.63) is 27.3 Å². The average molecular weight is 440 g/mol. The third-order valence-electron chi connectivity index (χ3n) is 3.04. The second kappa shape index (κ2) is 6.27. The number of aliphatic imine (C=N–C) groups is 1. The summed E-state index contributed by atoms with van der Waals surface area (Å²) in [6.45, 7) is 0.868. The van der Waals surface area contributed by atoms with Crippen molar-refractivity contribution in [3.63, 3.8) is 0 Å². The molecule has 0 amide bonds. The number of rotatable bonds is 6. The van der Waals surface area contributed by atoms with Crippen molar-refractivity contribution >= 4 is 42.3 Å². The minimum atomic E-state index is -5.01. The Hall–Kier alpha value is -0.350. The molecular weight excluding hydrogens is 422 g/mol. The Kier molecular flexibility index (Phi) is 5.13. The standard InChI is InChI=1S/C13H18IN2O5P/c1-16(2,3)6-7-20-13(21-22(17,18)19)9-15-12-5-4-10(14)8-11(12)13/h4-5,8-9H,6-7H2,1-3H3,(H-,17,18,19). The molecule has 1 aromatic rings. The predicted molar refractivity (Wildman–Crippen MR) is 88.8 cm³/mol. The highest BCUT2D eigenvalue weighted by molar-refractivity contribution is 14.1. The van der Waals surface area contributed by atoms with Crippen LogP contribution in [0.3, 0.4) is 0 Å². The summed E-state index contributed by atoms with van der Waals surface area (Å²) in [5.74, 6) is -1.71. The maximum Gasteiger partial charge on any atom is 0.268 e. The van der Waals surface area contributed by atoms with E-state index >= 15 is 0 Å². The van der Waals surface area contributed by atoms with E-state index in [1.54, 1.807) is 12.1 Å². The first-order chi connectivity index (χ1) is 10.0. The van der Waals surface area contributed by atoms with Gasteiger partial charge in [0.2, 0.25) is 5.79 Å². The molecule has 0 spiro atoms. The van der Waals surface area contributed by atoms with Crippen molar-refractivity contribution in [1.29, 1.82) is 0 Å². The van der Waals surface area contributed by atoms with Crippen molar-refractivity contribution in [2.75, 3.05) is 34.3 Å². The Bertz CT molecular complexity index is 640. The number of fused-ring (bicyclic) bond motifs is 1. The van der Waals surface area contributed by atoms with E-state index < -0.39 is 13.6 Å². The topological polar surface area (TPSA) is 91.2 Å². The van der Waals surface area contributed by atoms with E-state index in [0.717, 1.165) is 3.57 Å². The van der Waals surface area contributed by atoms with E-state index in [2.05, 4.69) is 27.6 Å². The van der Waals surface area contributed by atoms with Crippen LogP contribution in [0.15, 0.2) is 23.2 Å². The lowest BCUT2D eigenvalue weighted by atomic mass is 10.1. The molecule has 2 atom stereocenters. The van der Waals surface area contributed by atoms with E-state index in [1.807, 2.05) is 27.2 Å². The summed E-state index contributed by atoms with van der Waals surface area (Å²) in [6, 6.07) is 5.31. The minimum absolute atomic E-state index is 0.237. The van der Waals surface area contributed by atoms with Gasteiger partial charge in [0.15, 0.2) is 0 Å². The lowest BCUT2D eigenvalue weighted by Crippen LogP contribution is -2.41. The number of quaternary nitrogens is 1. The summed E-state index contributed by atoms with van der Waals surface area (Å²) in [6.07, 6.45) is 1.27. The first kappa shape index (κ1) is 18.0. The Labute approximate surface area is 142 Å². The van der Waals surface area contributed by atoms with Crippen LogP contribution in [-0.4, -0.2) is 49.9 Å². The number of benzene rings is 1. The largest absolute Gasteiger partial charge is 0.756 e. The second-order valence-corrected chi connectivity index (χ2v) is 8.37. The number of hydrogen-bond acceptors (Lipinski definition) is 5. The molecule has 2 unspecified atom stereocenters. The maximum atomic E-state index is 11.3. The Morgan fingerprint density at radius 3 is 2.73 bits per heavy atom. The Morgan fingerprint density at radius 1 is 1.45 bits per heavy atom. The van der Waals surface area contributed by atoms with Crippen LogP contribution in [0.4, 0.5) is 5.69 Å². The first-order valence-corrected chi connectivity index (χ1v) is 9.12. The molecule has 1 aromatic carbocycles. The van der Waals surface area contributed by atoms with Gasteiger partial charge in [0.05, 0.1) is 39.7 Å². The molecule has 0 bridgehead atoms. The third-order valence-corrected chi connectivity index (χ3v) is 4.21. The second-order valence-electron chi connectivity index (χ2n) is 6.01. The zero-order valence-electron chi connectivity index (χ0n) is 12.5. The fourth-order valence-electron chi connectivity index (χ4n) is 1.98.